The van der Waals surface area contributed by atoms with Crippen LogP contribution in [0.3, 0.4) is 0 Å². The summed E-state index contributed by atoms with van der Waals surface area (Å²) in [5.41, 5.74) is -0.533. The fourth-order valence-electron chi connectivity index (χ4n) is 3.69. The average Bonchev–Trinajstić information content (AvgIpc) is 2.14. The van der Waals surface area contributed by atoms with Gasteiger partial charge in [-0.2, -0.15) is 0 Å². The van der Waals surface area contributed by atoms with Crippen molar-refractivity contribution in [1.82, 2.24) is 4.90 Å². The third kappa shape index (κ3) is 3.01. The minimum atomic E-state index is -0.656. The van der Waals surface area contributed by atoms with Crippen molar-refractivity contribution < 1.29 is 9.90 Å². The van der Waals surface area contributed by atoms with Gasteiger partial charge >= 0.3 is 5.97 Å². The van der Waals surface area contributed by atoms with E-state index in [-0.39, 0.29) is 5.41 Å². The summed E-state index contributed by atoms with van der Waals surface area (Å²) in [7, 11) is 1.96. The number of likely N-dealkylation sites (N-methyl/N-ethyl adjacent to an activating group) is 1. The second-order valence-corrected chi connectivity index (χ2v) is 6.61. The number of hydrogen-bond acceptors (Lipinski definition) is 2. The van der Waals surface area contributed by atoms with Crippen molar-refractivity contribution in [2.24, 2.45) is 11.3 Å². The van der Waals surface area contributed by atoms with Crippen LogP contribution in [-0.2, 0) is 4.79 Å². The molecule has 17 heavy (non-hydrogen) atoms. The monoisotopic (exact) mass is 241 g/mol. The maximum atomic E-state index is 11.8. The van der Waals surface area contributed by atoms with Crippen LogP contribution in [0, 0.1) is 11.3 Å². The van der Waals surface area contributed by atoms with Gasteiger partial charge in [0.1, 0.15) is 5.54 Å². The lowest BCUT2D eigenvalue weighted by atomic mass is 9.63. The SMILES string of the molecule is CCCN(C)C1(C(=O)O)CC(C)CC(C)(C)C1. The smallest absolute Gasteiger partial charge is 0.324 e. The van der Waals surface area contributed by atoms with E-state index >= 15 is 0 Å². The van der Waals surface area contributed by atoms with Crippen molar-refractivity contribution in [2.45, 2.75) is 58.9 Å². The zero-order valence-corrected chi connectivity index (χ0v) is 11.9. The van der Waals surface area contributed by atoms with Gasteiger partial charge in [0.2, 0.25) is 0 Å². The van der Waals surface area contributed by atoms with Gasteiger partial charge in [-0.05, 0) is 50.6 Å². The Balaban J connectivity index is 3.02. The summed E-state index contributed by atoms with van der Waals surface area (Å²) < 4.78 is 0. The van der Waals surface area contributed by atoms with Crippen LogP contribution in [0.1, 0.15) is 53.4 Å². The fraction of sp³-hybridized carbons (Fsp3) is 0.929. The molecule has 1 saturated carbocycles. The standard InChI is InChI=1S/C14H27NO2/c1-6-7-15(5)14(12(16)17)9-11(2)8-13(3,4)10-14/h11H,6-10H2,1-5H3,(H,16,17). The Morgan fingerprint density at radius 1 is 1.41 bits per heavy atom. The molecule has 100 valence electrons. The molecule has 1 aliphatic carbocycles. The van der Waals surface area contributed by atoms with Crippen LogP contribution < -0.4 is 0 Å². The molecule has 3 heteroatoms. The summed E-state index contributed by atoms with van der Waals surface area (Å²) >= 11 is 0. The van der Waals surface area contributed by atoms with Gasteiger partial charge in [-0.3, -0.25) is 9.69 Å². The van der Waals surface area contributed by atoms with Gasteiger partial charge in [0.15, 0.2) is 0 Å². The lowest BCUT2D eigenvalue weighted by Crippen LogP contribution is -2.58. The second kappa shape index (κ2) is 4.97. The van der Waals surface area contributed by atoms with E-state index in [0.717, 1.165) is 32.2 Å². The minimum Gasteiger partial charge on any atom is -0.480 e. The highest BCUT2D eigenvalue weighted by molar-refractivity contribution is 5.79. The highest BCUT2D eigenvalue weighted by atomic mass is 16.4. The zero-order valence-electron chi connectivity index (χ0n) is 11.9. The Morgan fingerprint density at radius 2 is 2.00 bits per heavy atom. The molecule has 0 saturated heterocycles. The van der Waals surface area contributed by atoms with Gasteiger partial charge in [0.25, 0.3) is 0 Å². The summed E-state index contributed by atoms with van der Waals surface area (Å²) in [6, 6.07) is 0. The maximum absolute atomic E-state index is 11.8. The molecule has 2 unspecified atom stereocenters. The predicted octanol–water partition coefficient (Wildman–Crippen LogP) is 3.00. The largest absolute Gasteiger partial charge is 0.480 e. The van der Waals surface area contributed by atoms with Crippen LogP contribution in [0.15, 0.2) is 0 Å². The molecule has 0 spiro atoms. The van der Waals surface area contributed by atoms with Crippen LogP contribution in [0.25, 0.3) is 0 Å². The molecule has 1 aliphatic rings. The van der Waals surface area contributed by atoms with Crippen LogP contribution in [0.4, 0.5) is 0 Å². The molecule has 0 aliphatic heterocycles. The Morgan fingerprint density at radius 3 is 2.41 bits per heavy atom. The number of hydrogen-bond donors (Lipinski definition) is 1. The Bertz CT molecular complexity index is 288. The van der Waals surface area contributed by atoms with Crippen molar-refractivity contribution in [3.8, 4) is 0 Å². The summed E-state index contributed by atoms with van der Waals surface area (Å²) in [5.74, 6) is -0.165. The first kappa shape index (κ1) is 14.5. The minimum absolute atomic E-state index is 0.123. The first-order valence-electron chi connectivity index (χ1n) is 6.68. The van der Waals surface area contributed by atoms with Crippen LogP contribution in [-0.4, -0.2) is 35.1 Å². The highest BCUT2D eigenvalue weighted by Gasteiger charge is 2.50. The van der Waals surface area contributed by atoms with E-state index in [0.29, 0.717) is 5.92 Å². The summed E-state index contributed by atoms with van der Waals surface area (Å²) in [6.07, 6.45) is 3.67. The van der Waals surface area contributed by atoms with E-state index < -0.39 is 11.5 Å². The molecule has 3 nitrogen and oxygen atoms in total. The van der Waals surface area contributed by atoms with Gasteiger partial charge < -0.3 is 5.11 Å². The van der Waals surface area contributed by atoms with E-state index in [1.807, 2.05) is 7.05 Å². The number of nitrogens with zero attached hydrogens (tertiary/aromatic N) is 1. The molecule has 0 aromatic rings. The number of carboxylic acid groups (broad SMARTS) is 1. The van der Waals surface area contributed by atoms with Crippen molar-refractivity contribution in [3.05, 3.63) is 0 Å². The Kier molecular flexibility index (Phi) is 4.23. The molecular formula is C14H27NO2. The summed E-state index contributed by atoms with van der Waals surface area (Å²) in [5, 5.41) is 9.69. The summed E-state index contributed by atoms with van der Waals surface area (Å²) in [6.45, 7) is 9.53. The van der Waals surface area contributed by atoms with Gasteiger partial charge in [-0.25, -0.2) is 0 Å². The van der Waals surface area contributed by atoms with Gasteiger partial charge in [-0.15, -0.1) is 0 Å². The van der Waals surface area contributed by atoms with E-state index in [9.17, 15) is 9.90 Å². The quantitative estimate of drug-likeness (QED) is 0.822. The first-order chi connectivity index (χ1) is 7.73. The molecule has 0 aromatic carbocycles. The number of carbonyl (C=O) groups is 1. The normalized spacial score (nSPS) is 32.7. The number of rotatable bonds is 4. The van der Waals surface area contributed by atoms with Crippen LogP contribution in [0.5, 0.6) is 0 Å². The highest BCUT2D eigenvalue weighted by Crippen LogP contribution is 2.46. The number of aliphatic carboxylic acids is 1. The molecule has 1 rings (SSSR count). The predicted molar refractivity (Wildman–Crippen MR) is 70.1 cm³/mol. The maximum Gasteiger partial charge on any atom is 0.324 e. The third-order valence-corrected chi connectivity index (χ3v) is 4.05. The van der Waals surface area contributed by atoms with Gasteiger partial charge in [0.05, 0.1) is 0 Å². The summed E-state index contributed by atoms with van der Waals surface area (Å²) in [4.78, 5) is 13.8. The molecule has 1 fully saturated rings. The third-order valence-electron chi connectivity index (χ3n) is 4.05. The lowest BCUT2D eigenvalue weighted by Gasteiger charge is -2.49. The first-order valence-corrected chi connectivity index (χ1v) is 6.68. The molecular weight excluding hydrogens is 214 g/mol. The van der Waals surface area contributed by atoms with Gasteiger partial charge in [-0.1, -0.05) is 27.7 Å². The molecule has 0 radical (unpaired) electrons. The molecule has 2 atom stereocenters. The molecule has 0 bridgehead atoms. The molecule has 0 amide bonds. The van der Waals surface area contributed by atoms with Crippen molar-refractivity contribution in [1.29, 1.82) is 0 Å². The van der Waals surface area contributed by atoms with Crippen molar-refractivity contribution >= 4 is 5.97 Å². The van der Waals surface area contributed by atoms with Crippen molar-refractivity contribution in [2.75, 3.05) is 13.6 Å². The van der Waals surface area contributed by atoms with Crippen LogP contribution in [0.2, 0.25) is 0 Å². The Labute approximate surface area is 105 Å². The molecule has 1 N–H and O–H groups in total. The number of carboxylic acids is 1. The van der Waals surface area contributed by atoms with Crippen molar-refractivity contribution in [3.63, 3.8) is 0 Å². The van der Waals surface area contributed by atoms with E-state index in [4.69, 9.17) is 0 Å². The fourth-order valence-corrected chi connectivity index (χ4v) is 3.69. The van der Waals surface area contributed by atoms with Gasteiger partial charge in [0, 0.05) is 0 Å². The Hall–Kier alpha value is -0.570. The van der Waals surface area contributed by atoms with E-state index in [2.05, 4.69) is 32.6 Å². The molecule has 0 heterocycles. The second-order valence-electron chi connectivity index (χ2n) is 6.61. The topological polar surface area (TPSA) is 40.5 Å². The van der Waals surface area contributed by atoms with Crippen LogP contribution >= 0.6 is 0 Å². The van der Waals surface area contributed by atoms with E-state index in [1.54, 1.807) is 0 Å². The average molecular weight is 241 g/mol. The van der Waals surface area contributed by atoms with E-state index in [1.165, 1.54) is 0 Å². The molecule has 0 aromatic heterocycles. The lowest BCUT2D eigenvalue weighted by molar-refractivity contribution is -0.158. The zero-order chi connectivity index (χ0) is 13.3.